The van der Waals surface area contributed by atoms with Crippen molar-refractivity contribution in [3.05, 3.63) is 83.4 Å². The first kappa shape index (κ1) is 29.9. The van der Waals surface area contributed by atoms with Gasteiger partial charge in [-0.25, -0.2) is 0 Å². The molecule has 0 unspecified atom stereocenters. The zero-order valence-electron chi connectivity index (χ0n) is 24.4. The number of hydrogen-bond donors (Lipinski definition) is 4. The van der Waals surface area contributed by atoms with E-state index in [1.54, 1.807) is 52.5 Å². The van der Waals surface area contributed by atoms with Crippen molar-refractivity contribution in [2.45, 2.75) is 6.54 Å². The van der Waals surface area contributed by atoms with E-state index < -0.39 is 0 Å². The molecule has 0 aliphatic carbocycles. The molecule has 4 rings (SSSR count). The van der Waals surface area contributed by atoms with Crippen molar-refractivity contribution in [3.8, 4) is 22.6 Å². The summed E-state index contributed by atoms with van der Waals surface area (Å²) in [5.41, 5.74) is 3.40. The number of carbonyl (C=O) groups is 2. The van der Waals surface area contributed by atoms with Crippen LogP contribution in [0.1, 0.15) is 26.3 Å². The maximum Gasteiger partial charge on any atom is 0.261 e. The van der Waals surface area contributed by atoms with Gasteiger partial charge in [0.2, 0.25) is 0 Å². The standard InChI is InChI=1S/C31H37N7O4/c1-32-30(33-2)36-14-16-41-23-9-7-8-22(19-23)24-13-12-21(18-27(24)42-17-15-37-31(34-3)35-4)20-38-28(39)25-10-5-6-11-26(25)29(38)40/h5-13,18-19H,14-17,20H2,1-4H3,(H2,32,33,36)(H2,34,35,37). The number of carbonyl (C=O) groups excluding carboxylic acids is 2. The highest BCUT2D eigenvalue weighted by atomic mass is 16.5. The summed E-state index contributed by atoms with van der Waals surface area (Å²) in [4.78, 5) is 35.4. The van der Waals surface area contributed by atoms with E-state index in [1.165, 1.54) is 4.90 Å². The topological polar surface area (TPSA) is 129 Å². The molecular weight excluding hydrogens is 534 g/mol. The predicted molar refractivity (Wildman–Crippen MR) is 164 cm³/mol. The molecule has 42 heavy (non-hydrogen) atoms. The third kappa shape index (κ3) is 7.17. The molecule has 220 valence electrons. The van der Waals surface area contributed by atoms with Crippen LogP contribution in [0, 0.1) is 0 Å². The van der Waals surface area contributed by atoms with E-state index in [2.05, 4.69) is 31.3 Å². The SMILES string of the molecule is C/N=C(\NC)NCCOc1cccc(-c2ccc(CN3C(=O)c4ccccc4C3=O)cc2OCCN/C(=N/C)NC)c1. The molecule has 0 spiro atoms. The van der Waals surface area contributed by atoms with Crippen molar-refractivity contribution in [1.82, 2.24) is 26.2 Å². The van der Waals surface area contributed by atoms with E-state index in [4.69, 9.17) is 9.47 Å². The van der Waals surface area contributed by atoms with E-state index >= 15 is 0 Å². The fourth-order valence-corrected chi connectivity index (χ4v) is 4.57. The molecule has 1 aliphatic heterocycles. The summed E-state index contributed by atoms with van der Waals surface area (Å²) < 4.78 is 12.2. The van der Waals surface area contributed by atoms with Crippen molar-refractivity contribution in [2.24, 2.45) is 9.98 Å². The van der Waals surface area contributed by atoms with Gasteiger partial charge in [-0.05, 0) is 41.5 Å². The Morgan fingerprint density at radius 3 is 1.95 bits per heavy atom. The van der Waals surface area contributed by atoms with Gasteiger partial charge in [0.1, 0.15) is 24.7 Å². The second kappa shape index (κ2) is 14.5. The van der Waals surface area contributed by atoms with E-state index in [0.29, 0.717) is 60.8 Å². The van der Waals surface area contributed by atoms with Gasteiger partial charge in [-0.1, -0.05) is 36.4 Å². The number of amides is 2. The van der Waals surface area contributed by atoms with E-state index in [9.17, 15) is 9.59 Å². The molecular formula is C31H37N7O4. The molecule has 0 bridgehead atoms. The van der Waals surface area contributed by atoms with E-state index in [-0.39, 0.29) is 18.4 Å². The van der Waals surface area contributed by atoms with Crippen molar-refractivity contribution in [3.63, 3.8) is 0 Å². The van der Waals surface area contributed by atoms with Gasteiger partial charge in [-0.15, -0.1) is 0 Å². The lowest BCUT2D eigenvalue weighted by Crippen LogP contribution is -2.37. The molecule has 3 aromatic carbocycles. The maximum atomic E-state index is 13.0. The highest BCUT2D eigenvalue weighted by Gasteiger charge is 2.35. The number of guanidine groups is 2. The lowest BCUT2D eigenvalue weighted by Gasteiger charge is -2.18. The van der Waals surface area contributed by atoms with Crippen LogP contribution in [0.2, 0.25) is 0 Å². The summed E-state index contributed by atoms with van der Waals surface area (Å²) in [6.07, 6.45) is 0. The predicted octanol–water partition coefficient (Wildman–Crippen LogP) is 2.50. The molecule has 0 radical (unpaired) electrons. The summed E-state index contributed by atoms with van der Waals surface area (Å²) in [5, 5.41) is 12.3. The van der Waals surface area contributed by atoms with Gasteiger partial charge in [0.05, 0.1) is 30.8 Å². The monoisotopic (exact) mass is 571 g/mol. The number of aliphatic imine (C=N–C) groups is 2. The van der Waals surface area contributed by atoms with Gasteiger partial charge in [-0.2, -0.15) is 0 Å². The van der Waals surface area contributed by atoms with Gasteiger partial charge in [0, 0.05) is 33.8 Å². The second-order valence-electron chi connectivity index (χ2n) is 9.30. The minimum Gasteiger partial charge on any atom is -0.492 e. The average molecular weight is 572 g/mol. The highest BCUT2D eigenvalue weighted by Crippen LogP contribution is 2.34. The number of imide groups is 1. The summed E-state index contributed by atoms with van der Waals surface area (Å²) >= 11 is 0. The average Bonchev–Trinajstić information content (AvgIpc) is 3.26. The number of nitrogens with zero attached hydrogens (tertiary/aromatic N) is 3. The first-order chi connectivity index (χ1) is 20.5. The lowest BCUT2D eigenvalue weighted by molar-refractivity contribution is 0.0642. The van der Waals surface area contributed by atoms with Crippen LogP contribution in [0.3, 0.4) is 0 Å². The Balaban J connectivity index is 1.53. The minimum atomic E-state index is -0.295. The van der Waals surface area contributed by atoms with Crippen molar-refractivity contribution >= 4 is 23.7 Å². The molecule has 1 heterocycles. The Hall–Kier alpha value is -5.06. The Kier molecular flexibility index (Phi) is 10.4. The van der Waals surface area contributed by atoms with Crippen LogP contribution in [-0.4, -0.2) is 83.1 Å². The van der Waals surface area contributed by atoms with Crippen molar-refractivity contribution < 1.29 is 19.1 Å². The Morgan fingerprint density at radius 2 is 1.36 bits per heavy atom. The third-order valence-electron chi connectivity index (χ3n) is 6.65. The Labute approximate surface area is 246 Å². The smallest absolute Gasteiger partial charge is 0.261 e. The largest absolute Gasteiger partial charge is 0.492 e. The molecule has 0 aromatic heterocycles. The molecule has 11 nitrogen and oxygen atoms in total. The Bertz CT molecular complexity index is 1440. The summed E-state index contributed by atoms with van der Waals surface area (Å²) in [5.74, 6) is 2.10. The van der Waals surface area contributed by atoms with Gasteiger partial charge in [-0.3, -0.25) is 24.5 Å². The van der Waals surface area contributed by atoms with E-state index in [1.807, 2.05) is 42.5 Å². The molecule has 0 saturated heterocycles. The Morgan fingerprint density at radius 1 is 0.738 bits per heavy atom. The van der Waals surface area contributed by atoms with Crippen LogP contribution < -0.4 is 30.7 Å². The number of rotatable bonds is 11. The molecule has 0 atom stereocenters. The first-order valence-electron chi connectivity index (χ1n) is 13.7. The molecule has 11 heteroatoms. The quantitative estimate of drug-likeness (QED) is 0.120. The van der Waals surface area contributed by atoms with Gasteiger partial charge >= 0.3 is 0 Å². The van der Waals surface area contributed by atoms with Gasteiger partial charge < -0.3 is 30.7 Å². The van der Waals surface area contributed by atoms with Gasteiger partial charge in [0.25, 0.3) is 11.8 Å². The van der Waals surface area contributed by atoms with Crippen LogP contribution in [0.15, 0.2) is 76.7 Å². The van der Waals surface area contributed by atoms with Crippen LogP contribution in [0.4, 0.5) is 0 Å². The van der Waals surface area contributed by atoms with Crippen LogP contribution >= 0.6 is 0 Å². The minimum absolute atomic E-state index is 0.138. The fourth-order valence-electron chi connectivity index (χ4n) is 4.57. The number of nitrogens with one attached hydrogen (secondary N) is 4. The number of ether oxygens (including phenoxy) is 2. The van der Waals surface area contributed by atoms with Crippen LogP contribution in [-0.2, 0) is 6.54 Å². The zero-order valence-corrected chi connectivity index (χ0v) is 24.4. The molecule has 0 fully saturated rings. The maximum absolute atomic E-state index is 13.0. The van der Waals surface area contributed by atoms with Gasteiger partial charge in [0.15, 0.2) is 11.9 Å². The lowest BCUT2D eigenvalue weighted by atomic mass is 10.0. The normalized spacial score (nSPS) is 13.1. The molecule has 4 N–H and O–H groups in total. The molecule has 1 aliphatic rings. The summed E-state index contributed by atoms with van der Waals surface area (Å²) in [6.45, 7) is 2.05. The van der Waals surface area contributed by atoms with E-state index in [0.717, 1.165) is 16.7 Å². The van der Waals surface area contributed by atoms with Crippen molar-refractivity contribution in [1.29, 1.82) is 0 Å². The third-order valence-corrected chi connectivity index (χ3v) is 6.65. The van der Waals surface area contributed by atoms with Crippen LogP contribution in [0.5, 0.6) is 11.5 Å². The summed E-state index contributed by atoms with van der Waals surface area (Å²) in [6, 6.07) is 20.4. The molecule has 2 amide bonds. The highest BCUT2D eigenvalue weighted by molar-refractivity contribution is 6.21. The van der Waals surface area contributed by atoms with Crippen LogP contribution in [0.25, 0.3) is 11.1 Å². The molecule has 3 aromatic rings. The summed E-state index contributed by atoms with van der Waals surface area (Å²) in [7, 11) is 7.00. The number of fused-ring (bicyclic) bond motifs is 1. The second-order valence-corrected chi connectivity index (χ2v) is 9.30. The first-order valence-corrected chi connectivity index (χ1v) is 13.7. The fraction of sp³-hybridized carbons (Fsp3) is 0.290. The van der Waals surface area contributed by atoms with Crippen molar-refractivity contribution in [2.75, 3.05) is 54.5 Å². The number of hydrogen-bond acceptors (Lipinski definition) is 6. The zero-order chi connectivity index (χ0) is 29.9. The number of benzene rings is 3. The molecule has 0 saturated carbocycles.